The van der Waals surface area contributed by atoms with E-state index in [0.29, 0.717) is 30.6 Å². The van der Waals surface area contributed by atoms with E-state index in [1.165, 1.54) is 6.92 Å². The molecule has 1 amide bonds. The summed E-state index contributed by atoms with van der Waals surface area (Å²) < 4.78 is 23.0. The van der Waals surface area contributed by atoms with Gasteiger partial charge in [0.2, 0.25) is 5.91 Å². The molecule has 0 aromatic rings. The van der Waals surface area contributed by atoms with E-state index in [1.54, 1.807) is 0 Å². The van der Waals surface area contributed by atoms with Crippen LogP contribution in [0.4, 0.5) is 0 Å². The number of carbonyl (C=O) groups excluding carboxylic acids is 3. The third-order valence-electron chi connectivity index (χ3n) is 17.5. The number of nitrogens with one attached hydrogen (secondary N) is 1. The van der Waals surface area contributed by atoms with Crippen molar-refractivity contribution < 1.29 is 58.9 Å². The monoisotopic (exact) mass is 805 g/mol. The molecular weight excluding hydrogens is 734 g/mol. The van der Waals surface area contributed by atoms with Crippen molar-refractivity contribution in [2.75, 3.05) is 26.9 Å². The molecule has 1 aliphatic heterocycles. The van der Waals surface area contributed by atoms with E-state index in [2.05, 4.69) is 53.4 Å². The van der Waals surface area contributed by atoms with Gasteiger partial charge in [0.05, 0.1) is 44.0 Å². The standard InChI is InChI=1S/C44H71NO12/c1-24(2)26-12-17-43(19-18-41(7)27(33(26)43)10-11-31-40(6)15-14-32(50)39(4,5)30(40)13-16-42(31,41)8)37(52)55-20-21-56-44(38(53)54-9)22-28(48)34(45-25(3)47)36(57-44)35(51)29(49)23-46/h26-36,46,48-51H,1,10-23H2,2-9H3,(H,45,47)/t26-,27+,28-,29+,30-,31+,32-,33+,34+,35+,36+,40-,41+,42+,43-,44+/m0/s1. The summed E-state index contributed by atoms with van der Waals surface area (Å²) in [6.07, 6.45) is 2.01. The second-order valence-corrected chi connectivity index (χ2v) is 20.3. The van der Waals surface area contributed by atoms with Crippen LogP contribution in [0, 0.1) is 56.7 Å². The average molecular weight is 806 g/mol. The molecule has 6 N–H and O–H groups in total. The van der Waals surface area contributed by atoms with Crippen molar-refractivity contribution in [1.82, 2.24) is 5.32 Å². The number of carbonyl (C=O) groups is 3. The molecule has 0 aromatic heterocycles. The molecule has 6 rings (SSSR count). The molecule has 0 spiro atoms. The quantitative estimate of drug-likeness (QED) is 0.100. The lowest BCUT2D eigenvalue weighted by Gasteiger charge is -2.72. The van der Waals surface area contributed by atoms with Crippen LogP contribution in [-0.2, 0) is 33.3 Å². The van der Waals surface area contributed by atoms with Gasteiger partial charge in [0, 0.05) is 13.3 Å². The van der Waals surface area contributed by atoms with Crippen LogP contribution >= 0.6 is 0 Å². The number of esters is 2. The SMILES string of the molecule is C=C(C)[C@@H]1CC[C@]2(C(=O)OCCO[C@]3(C(=O)OC)C[C@H](O)[C@@H](NC(C)=O)[C@H]([C@H](O)[C@H](O)CO)O3)CC[C@]3(C)[C@H](CC[C@@H]4[C@@]5(C)CC[C@H](O)C(C)(C)[C@@H]5CC[C@]43C)[C@@H]12. The Morgan fingerprint density at radius 3 is 2.19 bits per heavy atom. The Bertz CT molecular complexity index is 1550. The van der Waals surface area contributed by atoms with E-state index in [-0.39, 0.29) is 58.8 Å². The van der Waals surface area contributed by atoms with Crippen LogP contribution in [0.3, 0.4) is 0 Å². The Hall–Kier alpha value is -2.13. The van der Waals surface area contributed by atoms with Gasteiger partial charge in [0.1, 0.15) is 24.9 Å². The molecule has 5 aliphatic carbocycles. The number of amides is 1. The minimum Gasteiger partial charge on any atom is -0.465 e. The first-order valence-corrected chi connectivity index (χ1v) is 21.4. The lowest BCUT2D eigenvalue weighted by molar-refractivity contribution is -0.313. The summed E-state index contributed by atoms with van der Waals surface area (Å²) in [6, 6.07) is -1.26. The van der Waals surface area contributed by atoms with Crippen LogP contribution in [0.2, 0.25) is 0 Å². The predicted molar refractivity (Wildman–Crippen MR) is 209 cm³/mol. The molecule has 0 radical (unpaired) electrons. The van der Waals surface area contributed by atoms with E-state index in [9.17, 15) is 39.9 Å². The first-order chi connectivity index (χ1) is 26.6. The number of methoxy groups -OCH3 is 1. The highest BCUT2D eigenvalue weighted by atomic mass is 16.7. The highest BCUT2D eigenvalue weighted by Gasteiger charge is 2.72. The van der Waals surface area contributed by atoms with Gasteiger partial charge in [-0.2, -0.15) is 0 Å². The first-order valence-electron chi connectivity index (χ1n) is 21.4. The predicted octanol–water partition coefficient (Wildman–Crippen LogP) is 3.80. The number of hydrogen-bond acceptors (Lipinski definition) is 12. The third kappa shape index (κ3) is 6.91. The van der Waals surface area contributed by atoms with Crippen LogP contribution in [0.25, 0.3) is 0 Å². The van der Waals surface area contributed by atoms with Crippen molar-refractivity contribution in [3.05, 3.63) is 12.2 Å². The summed E-state index contributed by atoms with van der Waals surface area (Å²) in [4.78, 5) is 39.8. The summed E-state index contributed by atoms with van der Waals surface area (Å²) in [5, 5.41) is 55.3. The van der Waals surface area contributed by atoms with Crippen molar-refractivity contribution in [3.63, 3.8) is 0 Å². The van der Waals surface area contributed by atoms with Crippen molar-refractivity contribution >= 4 is 17.8 Å². The smallest absolute Gasteiger partial charge is 0.366 e. The van der Waals surface area contributed by atoms with Crippen LogP contribution in [0.15, 0.2) is 12.2 Å². The zero-order valence-electron chi connectivity index (χ0n) is 35.6. The van der Waals surface area contributed by atoms with Gasteiger partial charge in [-0.15, -0.1) is 0 Å². The lowest BCUT2D eigenvalue weighted by atomic mass is 9.32. The maximum Gasteiger partial charge on any atom is 0.366 e. The fourth-order valence-corrected chi connectivity index (χ4v) is 14.4. The van der Waals surface area contributed by atoms with Crippen molar-refractivity contribution in [2.24, 2.45) is 56.7 Å². The molecule has 13 nitrogen and oxygen atoms in total. The largest absolute Gasteiger partial charge is 0.465 e. The fraction of sp³-hybridized carbons (Fsp3) is 0.886. The molecule has 5 saturated carbocycles. The van der Waals surface area contributed by atoms with Crippen molar-refractivity contribution in [1.29, 1.82) is 0 Å². The Morgan fingerprint density at radius 1 is 0.860 bits per heavy atom. The Balaban J connectivity index is 1.20. The number of rotatable bonds is 11. The van der Waals surface area contributed by atoms with E-state index < -0.39 is 66.6 Å². The number of fused-ring (bicyclic) bond motifs is 7. The highest BCUT2D eigenvalue weighted by Crippen LogP contribution is 2.77. The summed E-state index contributed by atoms with van der Waals surface area (Å²) in [7, 11) is 1.10. The van der Waals surface area contributed by atoms with Crippen molar-refractivity contribution in [2.45, 2.75) is 161 Å². The maximum atomic E-state index is 14.6. The van der Waals surface area contributed by atoms with E-state index >= 15 is 0 Å². The zero-order chi connectivity index (χ0) is 42.1. The summed E-state index contributed by atoms with van der Waals surface area (Å²) >= 11 is 0. The number of aliphatic hydroxyl groups is 5. The second-order valence-electron chi connectivity index (χ2n) is 20.3. The minimum atomic E-state index is -2.28. The average Bonchev–Trinajstić information content (AvgIpc) is 3.56. The number of hydrogen-bond donors (Lipinski definition) is 6. The fourth-order valence-electron chi connectivity index (χ4n) is 14.4. The minimum absolute atomic E-state index is 0.00552. The number of allylic oxidation sites excluding steroid dienone is 1. The van der Waals surface area contributed by atoms with Gasteiger partial charge < -0.3 is 49.8 Å². The Morgan fingerprint density at radius 2 is 1.56 bits per heavy atom. The molecule has 1 heterocycles. The molecule has 6 aliphatic rings. The van der Waals surface area contributed by atoms with E-state index in [0.717, 1.165) is 64.0 Å². The molecule has 13 heteroatoms. The third-order valence-corrected chi connectivity index (χ3v) is 17.5. The molecule has 16 atom stereocenters. The van der Waals surface area contributed by atoms with E-state index in [1.807, 2.05) is 0 Å². The number of aliphatic hydroxyl groups excluding tert-OH is 5. The molecule has 57 heavy (non-hydrogen) atoms. The van der Waals surface area contributed by atoms with E-state index in [4.69, 9.17) is 18.9 Å². The molecule has 324 valence electrons. The zero-order valence-corrected chi connectivity index (χ0v) is 35.6. The van der Waals surface area contributed by atoms with Crippen LogP contribution in [0.5, 0.6) is 0 Å². The Labute approximate surface area is 338 Å². The molecule has 0 unspecified atom stereocenters. The van der Waals surface area contributed by atoms with Crippen LogP contribution in [-0.4, -0.2) is 113 Å². The van der Waals surface area contributed by atoms with Crippen LogP contribution in [0.1, 0.15) is 119 Å². The van der Waals surface area contributed by atoms with Gasteiger partial charge in [-0.05, 0) is 122 Å². The molecule has 1 saturated heterocycles. The summed E-state index contributed by atoms with van der Waals surface area (Å²) in [5.41, 5.74) is 0.497. The Kier molecular flexibility index (Phi) is 12.3. The lowest BCUT2D eigenvalue weighted by Crippen LogP contribution is -2.68. The van der Waals surface area contributed by atoms with Gasteiger partial charge in [-0.1, -0.05) is 46.8 Å². The molecule has 0 bridgehead atoms. The van der Waals surface area contributed by atoms with Crippen LogP contribution < -0.4 is 5.32 Å². The van der Waals surface area contributed by atoms with Gasteiger partial charge in [0.15, 0.2) is 0 Å². The van der Waals surface area contributed by atoms with Gasteiger partial charge in [-0.25, -0.2) is 4.79 Å². The van der Waals surface area contributed by atoms with Crippen molar-refractivity contribution in [3.8, 4) is 0 Å². The van der Waals surface area contributed by atoms with Gasteiger partial charge >= 0.3 is 11.9 Å². The maximum absolute atomic E-state index is 14.6. The topological polar surface area (TPSA) is 201 Å². The number of ether oxygens (including phenoxy) is 4. The second kappa shape index (κ2) is 15.7. The molecular formula is C44H71NO12. The van der Waals surface area contributed by atoms with Gasteiger partial charge in [-0.3, -0.25) is 9.59 Å². The first kappa shape index (κ1) is 44.4. The van der Waals surface area contributed by atoms with Gasteiger partial charge in [0.25, 0.3) is 5.79 Å². The summed E-state index contributed by atoms with van der Waals surface area (Å²) in [6.45, 7) is 18.4. The highest BCUT2D eigenvalue weighted by molar-refractivity contribution is 5.79. The molecule has 0 aromatic carbocycles. The molecule has 6 fully saturated rings. The summed E-state index contributed by atoms with van der Waals surface area (Å²) in [5.74, 6) is -2.61. The normalized spacial score (nSPS) is 45.9.